The highest BCUT2D eigenvalue weighted by molar-refractivity contribution is 5.94. The van der Waals surface area contributed by atoms with E-state index in [-0.39, 0.29) is 5.56 Å². The molecule has 0 unspecified atom stereocenters. The lowest BCUT2D eigenvalue weighted by atomic mass is 10.1. The Hall–Kier alpha value is -5.30. The van der Waals surface area contributed by atoms with Crippen LogP contribution in [0.5, 0.6) is 0 Å². The zero-order chi connectivity index (χ0) is 24.8. The molecule has 0 saturated carbocycles. The van der Waals surface area contributed by atoms with E-state index >= 15 is 0 Å². The molecule has 4 aromatic carbocycles. The van der Waals surface area contributed by atoms with E-state index in [1.807, 2.05) is 103 Å². The summed E-state index contributed by atoms with van der Waals surface area (Å²) in [6, 6.07) is 34.5. The number of fused-ring (bicyclic) bond motifs is 4. The maximum absolute atomic E-state index is 13.5. The molecule has 174 valence electrons. The molecule has 0 N–H and O–H groups in total. The number of hydrogen-bond acceptors (Lipinski definition) is 6. The van der Waals surface area contributed by atoms with Crippen LogP contribution in [-0.4, -0.2) is 29.3 Å². The number of para-hydroxylation sites is 2. The van der Waals surface area contributed by atoms with Crippen LogP contribution >= 0.6 is 0 Å². The molecule has 0 aliphatic heterocycles. The molecule has 0 fully saturated rings. The van der Waals surface area contributed by atoms with Crippen LogP contribution in [0.4, 0.5) is 0 Å². The normalized spacial score (nSPS) is 11.4. The minimum absolute atomic E-state index is 0.165. The van der Waals surface area contributed by atoms with E-state index < -0.39 is 0 Å². The minimum atomic E-state index is -0.165. The minimum Gasteiger partial charge on any atom is -0.268 e. The average molecular weight is 479 g/mol. The summed E-state index contributed by atoms with van der Waals surface area (Å²) in [4.78, 5) is 37.5. The molecule has 37 heavy (non-hydrogen) atoms. The van der Waals surface area contributed by atoms with Gasteiger partial charge in [-0.25, -0.2) is 29.3 Å². The topological polar surface area (TPSA) is 85.9 Å². The largest absolute Gasteiger partial charge is 0.268 e. The number of rotatable bonds is 3. The molecule has 7 nitrogen and oxygen atoms in total. The molecule has 0 bridgehead atoms. The first-order chi connectivity index (χ1) is 18.3. The monoisotopic (exact) mass is 478 g/mol. The highest BCUT2D eigenvalue weighted by atomic mass is 16.1. The van der Waals surface area contributed by atoms with Crippen molar-refractivity contribution >= 4 is 27.6 Å². The Bertz CT molecular complexity index is 1950. The van der Waals surface area contributed by atoms with Crippen LogP contribution < -0.4 is 5.56 Å². The Balaban J connectivity index is 1.58. The third-order valence-corrected chi connectivity index (χ3v) is 6.28. The van der Waals surface area contributed by atoms with Crippen LogP contribution in [0.1, 0.15) is 0 Å². The third-order valence-electron chi connectivity index (χ3n) is 6.28. The number of benzene rings is 4. The first kappa shape index (κ1) is 21.0. The third kappa shape index (κ3) is 3.52. The molecule has 0 amide bonds. The zero-order valence-electron chi connectivity index (χ0n) is 19.5. The summed E-state index contributed by atoms with van der Waals surface area (Å²) in [6.45, 7) is 0. The fraction of sp³-hybridized carbons (Fsp3) is 0. The second kappa shape index (κ2) is 8.42. The van der Waals surface area contributed by atoms with Crippen LogP contribution in [0, 0.1) is 0 Å². The van der Waals surface area contributed by atoms with Crippen molar-refractivity contribution in [1.82, 2.24) is 29.3 Å². The summed E-state index contributed by atoms with van der Waals surface area (Å²) in [6.07, 6.45) is 0. The zero-order valence-corrected chi connectivity index (χ0v) is 19.5. The average Bonchev–Trinajstić information content (AvgIpc) is 2.97. The maximum atomic E-state index is 13.5. The molecule has 0 atom stereocenters. The maximum Gasteiger partial charge on any atom is 0.267 e. The molecule has 7 rings (SSSR count). The van der Waals surface area contributed by atoms with Crippen LogP contribution in [0.15, 0.2) is 114 Å². The van der Waals surface area contributed by atoms with Crippen LogP contribution in [0.25, 0.3) is 61.9 Å². The van der Waals surface area contributed by atoms with Gasteiger partial charge in [-0.1, -0.05) is 91.0 Å². The molecule has 0 aliphatic carbocycles. The lowest BCUT2D eigenvalue weighted by molar-refractivity contribution is 1.04. The van der Waals surface area contributed by atoms with Gasteiger partial charge in [0, 0.05) is 16.5 Å². The summed E-state index contributed by atoms with van der Waals surface area (Å²) in [5.74, 6) is 1.78. The van der Waals surface area contributed by atoms with Crippen molar-refractivity contribution < 1.29 is 0 Å². The Morgan fingerprint density at radius 3 is 1.70 bits per heavy atom. The number of hydrogen-bond donors (Lipinski definition) is 0. The molecule has 0 saturated heterocycles. The molecule has 3 heterocycles. The van der Waals surface area contributed by atoms with Crippen LogP contribution in [0.3, 0.4) is 0 Å². The first-order valence-corrected chi connectivity index (χ1v) is 11.8. The molecule has 0 aliphatic rings. The summed E-state index contributed by atoms with van der Waals surface area (Å²) in [7, 11) is 0. The summed E-state index contributed by atoms with van der Waals surface area (Å²) >= 11 is 0. The lowest BCUT2D eigenvalue weighted by Gasteiger charge is -2.12. The van der Waals surface area contributed by atoms with Gasteiger partial charge >= 0.3 is 0 Å². The van der Waals surface area contributed by atoms with Crippen LogP contribution in [0.2, 0.25) is 0 Å². The van der Waals surface area contributed by atoms with E-state index in [4.69, 9.17) is 24.9 Å². The van der Waals surface area contributed by atoms with Gasteiger partial charge in [0.15, 0.2) is 17.5 Å². The quantitative estimate of drug-likeness (QED) is 0.243. The predicted octanol–water partition coefficient (Wildman–Crippen LogP) is 5.58. The van der Waals surface area contributed by atoms with E-state index in [9.17, 15) is 4.79 Å². The predicted molar refractivity (Wildman–Crippen MR) is 144 cm³/mol. The van der Waals surface area contributed by atoms with Gasteiger partial charge < -0.3 is 0 Å². The highest BCUT2D eigenvalue weighted by Crippen LogP contribution is 2.29. The van der Waals surface area contributed by atoms with E-state index in [2.05, 4.69) is 0 Å². The summed E-state index contributed by atoms with van der Waals surface area (Å²) in [5.41, 5.74) is 3.39. The summed E-state index contributed by atoms with van der Waals surface area (Å²) in [5, 5.41) is 1.29. The van der Waals surface area contributed by atoms with Crippen molar-refractivity contribution in [3.63, 3.8) is 0 Å². The molecule has 0 radical (unpaired) electrons. The van der Waals surface area contributed by atoms with Gasteiger partial charge in [-0.3, -0.25) is 4.79 Å². The van der Waals surface area contributed by atoms with Gasteiger partial charge in [-0.15, -0.1) is 0 Å². The van der Waals surface area contributed by atoms with Crippen molar-refractivity contribution in [1.29, 1.82) is 0 Å². The molecule has 3 aromatic heterocycles. The molecule has 0 spiro atoms. The van der Waals surface area contributed by atoms with E-state index in [0.717, 1.165) is 16.5 Å². The highest BCUT2D eigenvalue weighted by Gasteiger charge is 2.18. The van der Waals surface area contributed by atoms with Gasteiger partial charge in [0.2, 0.25) is 5.78 Å². The smallest absolute Gasteiger partial charge is 0.267 e. The Kier molecular flexibility index (Phi) is 4.79. The number of aromatic nitrogens is 6. The van der Waals surface area contributed by atoms with Crippen molar-refractivity contribution in [2.24, 2.45) is 0 Å². The van der Waals surface area contributed by atoms with Gasteiger partial charge in [0.25, 0.3) is 5.56 Å². The summed E-state index contributed by atoms with van der Waals surface area (Å²) < 4.78 is 1.55. The molecular weight excluding hydrogens is 460 g/mol. The number of nitrogens with zero attached hydrogens (tertiary/aromatic N) is 6. The van der Waals surface area contributed by atoms with Gasteiger partial charge in [-0.05, 0) is 18.2 Å². The van der Waals surface area contributed by atoms with E-state index in [0.29, 0.717) is 45.4 Å². The first-order valence-electron chi connectivity index (χ1n) is 11.8. The fourth-order valence-corrected chi connectivity index (χ4v) is 4.53. The Morgan fingerprint density at radius 2 is 1.03 bits per heavy atom. The van der Waals surface area contributed by atoms with Gasteiger partial charge in [-0.2, -0.15) is 0 Å². The van der Waals surface area contributed by atoms with Crippen molar-refractivity contribution in [2.75, 3.05) is 0 Å². The van der Waals surface area contributed by atoms with Crippen molar-refractivity contribution in [3.05, 3.63) is 120 Å². The Morgan fingerprint density at radius 1 is 0.486 bits per heavy atom. The Labute approximate surface area is 210 Å². The van der Waals surface area contributed by atoms with E-state index in [1.165, 1.54) is 0 Å². The van der Waals surface area contributed by atoms with E-state index in [1.54, 1.807) is 10.5 Å². The second-order valence-electron chi connectivity index (χ2n) is 8.59. The van der Waals surface area contributed by atoms with Gasteiger partial charge in [0.05, 0.1) is 16.4 Å². The second-order valence-corrected chi connectivity index (χ2v) is 8.59. The van der Waals surface area contributed by atoms with Crippen molar-refractivity contribution in [3.8, 4) is 34.3 Å². The SMILES string of the molecule is O=c1c2ccccc2nc2nc(-c3nc(-c4ccccc4)nc(-c4ccccc4)n3)c3ccccc3n12. The van der Waals surface area contributed by atoms with Crippen molar-refractivity contribution in [2.45, 2.75) is 0 Å². The standard InChI is InChI=1S/C30H18N6O/c37-29-21-15-7-9-17-23(21)31-30-32-25(22-16-8-10-18-24(22)36(29)30)28-34-26(19-11-3-1-4-12-19)33-27(35-28)20-13-5-2-6-14-20/h1-18H. The van der Waals surface area contributed by atoms with Crippen LogP contribution in [-0.2, 0) is 0 Å². The fourth-order valence-electron chi connectivity index (χ4n) is 4.53. The molecular formula is C30H18N6O. The lowest BCUT2D eigenvalue weighted by Crippen LogP contribution is -2.18. The molecule has 7 heteroatoms. The van der Waals surface area contributed by atoms with Gasteiger partial charge in [0.1, 0.15) is 5.69 Å². The molecule has 7 aromatic rings.